The maximum atomic E-state index is 13.5. The summed E-state index contributed by atoms with van der Waals surface area (Å²) in [6.45, 7) is 4.51. The molecule has 0 spiro atoms. The molecule has 2 aromatic rings. The maximum absolute atomic E-state index is 13.5. The van der Waals surface area contributed by atoms with E-state index in [4.69, 9.17) is 10.3 Å². The summed E-state index contributed by atoms with van der Waals surface area (Å²) < 4.78 is 19.1. The Balaban J connectivity index is 2.09. The van der Waals surface area contributed by atoms with Gasteiger partial charge in [-0.3, -0.25) is 0 Å². The minimum absolute atomic E-state index is 0.145. The van der Waals surface area contributed by atoms with Gasteiger partial charge in [0.1, 0.15) is 11.6 Å². The Bertz CT molecular complexity index is 648. The summed E-state index contributed by atoms with van der Waals surface area (Å²) in [7, 11) is 0. The van der Waals surface area contributed by atoms with Gasteiger partial charge in [-0.05, 0) is 36.0 Å². The highest BCUT2D eigenvalue weighted by molar-refractivity contribution is 5.76. The van der Waals surface area contributed by atoms with Gasteiger partial charge in [0.15, 0.2) is 5.82 Å². The molecule has 0 bridgehead atoms. The van der Waals surface area contributed by atoms with Gasteiger partial charge in [-0.2, -0.15) is 0 Å². The van der Waals surface area contributed by atoms with Gasteiger partial charge in [-0.1, -0.05) is 44.0 Å². The SMILES string of the molecule is CC1(C)CCCCC1c1onc(N)c1-c1cccc(F)c1. The molecule has 0 radical (unpaired) electrons. The van der Waals surface area contributed by atoms with E-state index in [2.05, 4.69) is 19.0 Å². The fraction of sp³-hybridized carbons (Fsp3) is 0.471. The van der Waals surface area contributed by atoms with E-state index in [1.54, 1.807) is 6.07 Å². The van der Waals surface area contributed by atoms with Crippen molar-refractivity contribution in [3.63, 3.8) is 0 Å². The van der Waals surface area contributed by atoms with Gasteiger partial charge in [0, 0.05) is 5.92 Å². The van der Waals surface area contributed by atoms with E-state index < -0.39 is 0 Å². The van der Waals surface area contributed by atoms with Crippen molar-refractivity contribution in [3.05, 3.63) is 35.8 Å². The third kappa shape index (κ3) is 2.55. The van der Waals surface area contributed by atoms with Crippen LogP contribution in [0.2, 0.25) is 0 Å². The molecule has 1 atom stereocenters. The molecular weight excluding hydrogens is 267 g/mol. The van der Waals surface area contributed by atoms with Gasteiger partial charge in [0.2, 0.25) is 0 Å². The van der Waals surface area contributed by atoms with Crippen molar-refractivity contribution in [2.75, 3.05) is 5.73 Å². The van der Waals surface area contributed by atoms with Crippen LogP contribution in [0.15, 0.2) is 28.8 Å². The zero-order valence-corrected chi connectivity index (χ0v) is 12.5. The van der Waals surface area contributed by atoms with Gasteiger partial charge < -0.3 is 10.3 Å². The molecule has 1 fully saturated rings. The van der Waals surface area contributed by atoms with Crippen LogP contribution in [0, 0.1) is 11.2 Å². The maximum Gasteiger partial charge on any atom is 0.175 e. The van der Waals surface area contributed by atoms with Gasteiger partial charge in [0.25, 0.3) is 0 Å². The average Bonchev–Trinajstić information content (AvgIpc) is 2.80. The first-order valence-corrected chi connectivity index (χ1v) is 7.50. The number of halogens is 1. The quantitative estimate of drug-likeness (QED) is 0.867. The summed E-state index contributed by atoms with van der Waals surface area (Å²) in [4.78, 5) is 0. The lowest BCUT2D eigenvalue weighted by atomic mass is 9.67. The van der Waals surface area contributed by atoms with Gasteiger partial charge in [-0.15, -0.1) is 0 Å². The van der Waals surface area contributed by atoms with Crippen molar-refractivity contribution >= 4 is 5.82 Å². The number of aromatic nitrogens is 1. The van der Waals surface area contributed by atoms with Crippen LogP contribution >= 0.6 is 0 Å². The number of hydrogen-bond donors (Lipinski definition) is 1. The Morgan fingerprint density at radius 3 is 2.86 bits per heavy atom. The lowest BCUT2D eigenvalue weighted by molar-refractivity contribution is 0.169. The van der Waals surface area contributed by atoms with E-state index in [-0.39, 0.29) is 17.2 Å². The predicted molar refractivity (Wildman–Crippen MR) is 81.3 cm³/mol. The number of benzene rings is 1. The Morgan fingerprint density at radius 1 is 1.33 bits per heavy atom. The van der Waals surface area contributed by atoms with Crippen molar-refractivity contribution in [1.29, 1.82) is 0 Å². The van der Waals surface area contributed by atoms with Crippen LogP contribution in [0.3, 0.4) is 0 Å². The third-order valence-corrected chi connectivity index (χ3v) is 4.68. The monoisotopic (exact) mass is 288 g/mol. The lowest BCUT2D eigenvalue weighted by Gasteiger charge is -2.37. The second kappa shape index (κ2) is 5.17. The molecule has 0 aliphatic heterocycles. The molecular formula is C17H21FN2O. The molecule has 3 nitrogen and oxygen atoms in total. The summed E-state index contributed by atoms with van der Waals surface area (Å²) in [6.07, 6.45) is 4.63. The Labute approximate surface area is 124 Å². The highest BCUT2D eigenvalue weighted by Crippen LogP contribution is 2.50. The molecule has 4 heteroatoms. The van der Waals surface area contributed by atoms with Crippen LogP contribution in [0.4, 0.5) is 10.2 Å². The minimum atomic E-state index is -0.276. The van der Waals surface area contributed by atoms with Gasteiger partial charge >= 0.3 is 0 Å². The molecule has 0 amide bonds. The zero-order valence-electron chi connectivity index (χ0n) is 12.5. The number of hydrogen-bond acceptors (Lipinski definition) is 3. The van der Waals surface area contributed by atoms with Crippen molar-refractivity contribution in [2.24, 2.45) is 5.41 Å². The molecule has 21 heavy (non-hydrogen) atoms. The first-order valence-electron chi connectivity index (χ1n) is 7.50. The average molecular weight is 288 g/mol. The molecule has 0 saturated heterocycles. The van der Waals surface area contributed by atoms with E-state index in [1.165, 1.54) is 25.0 Å². The topological polar surface area (TPSA) is 52.0 Å². The van der Waals surface area contributed by atoms with E-state index >= 15 is 0 Å². The minimum Gasteiger partial charge on any atom is -0.380 e. The fourth-order valence-corrected chi connectivity index (χ4v) is 3.47. The van der Waals surface area contributed by atoms with Crippen molar-refractivity contribution in [2.45, 2.75) is 45.4 Å². The molecule has 1 aliphatic carbocycles. The standard InChI is InChI=1S/C17H21FN2O/c1-17(2)9-4-3-8-13(17)15-14(16(19)20-21-15)11-6-5-7-12(18)10-11/h5-7,10,13H,3-4,8-9H2,1-2H3,(H2,19,20). The van der Waals surface area contributed by atoms with E-state index in [0.717, 1.165) is 29.7 Å². The molecule has 1 aliphatic rings. The summed E-state index contributed by atoms with van der Waals surface area (Å²) in [5.74, 6) is 1.15. The first kappa shape index (κ1) is 14.1. The smallest absolute Gasteiger partial charge is 0.175 e. The van der Waals surface area contributed by atoms with E-state index in [0.29, 0.717) is 5.82 Å². The van der Waals surface area contributed by atoms with Crippen molar-refractivity contribution in [3.8, 4) is 11.1 Å². The molecule has 2 N–H and O–H groups in total. The van der Waals surface area contributed by atoms with Crippen molar-refractivity contribution < 1.29 is 8.91 Å². The largest absolute Gasteiger partial charge is 0.380 e. The van der Waals surface area contributed by atoms with Gasteiger partial charge in [-0.25, -0.2) is 4.39 Å². The molecule has 1 aromatic heterocycles. The van der Waals surface area contributed by atoms with Crippen LogP contribution in [0.1, 0.15) is 51.2 Å². The number of anilines is 1. The second-order valence-corrected chi connectivity index (χ2v) is 6.60. The molecule has 1 aromatic carbocycles. The summed E-state index contributed by atoms with van der Waals surface area (Å²) >= 11 is 0. The highest BCUT2D eigenvalue weighted by Gasteiger charge is 2.38. The molecule has 112 valence electrons. The Morgan fingerprint density at radius 2 is 2.14 bits per heavy atom. The zero-order chi connectivity index (χ0) is 15.0. The predicted octanol–water partition coefficient (Wildman–Crippen LogP) is 4.75. The van der Waals surface area contributed by atoms with Crippen LogP contribution in [-0.2, 0) is 0 Å². The molecule has 1 unspecified atom stereocenters. The highest BCUT2D eigenvalue weighted by atomic mass is 19.1. The Kier molecular flexibility index (Phi) is 3.47. The molecule has 3 rings (SSSR count). The van der Waals surface area contributed by atoms with E-state index in [1.807, 2.05) is 6.07 Å². The number of rotatable bonds is 2. The summed E-state index contributed by atoms with van der Waals surface area (Å²) in [5.41, 5.74) is 7.64. The number of nitrogens with zero attached hydrogens (tertiary/aromatic N) is 1. The molecule has 1 saturated carbocycles. The fourth-order valence-electron chi connectivity index (χ4n) is 3.47. The van der Waals surface area contributed by atoms with Crippen molar-refractivity contribution in [1.82, 2.24) is 5.16 Å². The normalized spacial score (nSPS) is 21.4. The summed E-state index contributed by atoms with van der Waals surface area (Å²) in [6, 6.07) is 6.46. The molecule has 1 heterocycles. The van der Waals surface area contributed by atoms with Gasteiger partial charge in [0.05, 0.1) is 5.56 Å². The first-order chi connectivity index (χ1) is 9.99. The van der Waals surface area contributed by atoms with E-state index in [9.17, 15) is 4.39 Å². The lowest BCUT2D eigenvalue weighted by Crippen LogP contribution is -2.26. The third-order valence-electron chi connectivity index (χ3n) is 4.68. The number of nitrogens with two attached hydrogens (primary N) is 1. The van der Waals surface area contributed by atoms with Crippen LogP contribution in [0.25, 0.3) is 11.1 Å². The van der Waals surface area contributed by atoms with Crippen LogP contribution in [-0.4, -0.2) is 5.16 Å². The number of nitrogen functional groups attached to an aromatic ring is 1. The Hall–Kier alpha value is -1.84. The van der Waals surface area contributed by atoms with Crippen LogP contribution in [0.5, 0.6) is 0 Å². The summed E-state index contributed by atoms with van der Waals surface area (Å²) in [5, 5.41) is 3.94. The van der Waals surface area contributed by atoms with Crippen LogP contribution < -0.4 is 5.73 Å². The second-order valence-electron chi connectivity index (χ2n) is 6.60.